The molecule has 0 bridgehead atoms. The van der Waals surface area contributed by atoms with Crippen LogP contribution in [0.3, 0.4) is 0 Å². The average molecular weight is 282 g/mol. The molecule has 0 N–H and O–H groups in total. The Bertz CT molecular complexity index is 161. The van der Waals surface area contributed by atoms with Crippen LogP contribution in [0.5, 0.6) is 0 Å². The van der Waals surface area contributed by atoms with E-state index < -0.39 is 0 Å². The quantitative estimate of drug-likeness (QED) is 0.254. The summed E-state index contributed by atoms with van der Waals surface area (Å²) in [6.45, 7) is 8.59. The molecule has 0 fully saturated rings. The van der Waals surface area contributed by atoms with Crippen LogP contribution in [0.1, 0.15) is 117 Å². The predicted octanol–water partition coefficient (Wildman–Crippen LogP) is 7.72. The molecule has 0 heterocycles. The molecule has 0 aliphatic heterocycles. The first-order valence-corrected chi connectivity index (χ1v) is 9.64. The molecule has 0 aliphatic rings. The summed E-state index contributed by atoms with van der Waals surface area (Å²) < 4.78 is 0. The fourth-order valence-electron chi connectivity index (χ4n) is 3.08. The van der Waals surface area contributed by atoms with Gasteiger partial charge in [-0.1, -0.05) is 124 Å². The van der Waals surface area contributed by atoms with Gasteiger partial charge in [0, 0.05) is 0 Å². The van der Waals surface area contributed by atoms with Crippen LogP contribution < -0.4 is 0 Å². The molecule has 0 aromatic rings. The monoisotopic (exact) mass is 281 g/mol. The minimum absolute atomic E-state index is 1.01. The van der Waals surface area contributed by atoms with Crippen molar-refractivity contribution in [2.24, 2.45) is 5.92 Å². The standard InChI is InChI=1S/C20H41/c1-4-7-9-11-12-13-15-17-19-20(6-3)18-16-14-10-8-5-2/h20H,2,4-19H2,1,3H3. The van der Waals surface area contributed by atoms with Crippen LogP contribution in [-0.4, -0.2) is 0 Å². The van der Waals surface area contributed by atoms with E-state index in [9.17, 15) is 0 Å². The fourth-order valence-corrected chi connectivity index (χ4v) is 3.08. The third-order valence-corrected chi connectivity index (χ3v) is 4.66. The van der Waals surface area contributed by atoms with E-state index in [2.05, 4.69) is 20.8 Å². The van der Waals surface area contributed by atoms with Gasteiger partial charge in [-0.05, 0) is 5.92 Å². The highest BCUT2D eigenvalue weighted by Crippen LogP contribution is 2.21. The number of hydrogen-bond donors (Lipinski definition) is 0. The third kappa shape index (κ3) is 14.4. The summed E-state index contributed by atoms with van der Waals surface area (Å²) in [5.74, 6) is 1.01. The van der Waals surface area contributed by atoms with E-state index in [1.807, 2.05) is 0 Å². The van der Waals surface area contributed by atoms with Gasteiger partial charge in [-0.3, -0.25) is 0 Å². The number of hydrogen-bond acceptors (Lipinski definition) is 0. The van der Waals surface area contributed by atoms with E-state index in [-0.39, 0.29) is 0 Å². The minimum Gasteiger partial charge on any atom is -0.0654 e. The molecule has 0 saturated heterocycles. The first-order chi connectivity index (χ1) is 9.85. The number of rotatable bonds is 16. The lowest BCUT2D eigenvalue weighted by Crippen LogP contribution is -1.99. The zero-order valence-electron chi connectivity index (χ0n) is 14.6. The van der Waals surface area contributed by atoms with Crippen molar-refractivity contribution in [1.29, 1.82) is 0 Å². The molecule has 0 aromatic carbocycles. The Morgan fingerprint density at radius 2 is 1.05 bits per heavy atom. The summed E-state index contributed by atoms with van der Waals surface area (Å²) in [7, 11) is 0. The third-order valence-electron chi connectivity index (χ3n) is 4.66. The van der Waals surface area contributed by atoms with Gasteiger partial charge in [-0.15, -0.1) is 0 Å². The average Bonchev–Trinajstić information content (AvgIpc) is 2.47. The molecule has 0 amide bonds. The molecule has 0 aliphatic carbocycles. The lowest BCUT2D eigenvalue weighted by atomic mass is 9.92. The van der Waals surface area contributed by atoms with Gasteiger partial charge in [-0.25, -0.2) is 0 Å². The maximum Gasteiger partial charge on any atom is -0.0417 e. The highest BCUT2D eigenvalue weighted by Gasteiger charge is 2.05. The molecule has 0 saturated carbocycles. The smallest absolute Gasteiger partial charge is 0.0417 e. The lowest BCUT2D eigenvalue weighted by molar-refractivity contribution is 0.393. The molecule has 1 radical (unpaired) electrons. The van der Waals surface area contributed by atoms with Crippen LogP contribution in [0.25, 0.3) is 0 Å². The molecule has 0 aromatic heterocycles. The molecular formula is C20H41. The van der Waals surface area contributed by atoms with Gasteiger partial charge in [0.2, 0.25) is 0 Å². The Morgan fingerprint density at radius 3 is 1.50 bits per heavy atom. The summed E-state index contributed by atoms with van der Waals surface area (Å²) in [6.07, 6.45) is 22.7. The van der Waals surface area contributed by atoms with Gasteiger partial charge < -0.3 is 0 Å². The Kier molecular flexibility index (Phi) is 17.1. The second kappa shape index (κ2) is 17.1. The number of unbranched alkanes of at least 4 members (excludes halogenated alkanes) is 11. The first-order valence-electron chi connectivity index (χ1n) is 9.64. The molecule has 1 unspecified atom stereocenters. The minimum atomic E-state index is 1.01. The summed E-state index contributed by atoms with van der Waals surface area (Å²) in [6, 6.07) is 0. The normalized spacial score (nSPS) is 12.8. The van der Waals surface area contributed by atoms with Gasteiger partial charge in [0.1, 0.15) is 0 Å². The van der Waals surface area contributed by atoms with Crippen molar-refractivity contribution < 1.29 is 0 Å². The maximum atomic E-state index is 3.92. The topological polar surface area (TPSA) is 0 Å². The van der Waals surface area contributed by atoms with Gasteiger partial charge in [0.15, 0.2) is 0 Å². The summed E-state index contributed by atoms with van der Waals surface area (Å²) in [4.78, 5) is 0. The van der Waals surface area contributed by atoms with Crippen LogP contribution in [0.2, 0.25) is 0 Å². The van der Waals surface area contributed by atoms with Crippen LogP contribution in [0.15, 0.2) is 0 Å². The van der Waals surface area contributed by atoms with Crippen molar-refractivity contribution in [2.45, 2.75) is 117 Å². The summed E-state index contributed by atoms with van der Waals surface area (Å²) in [5, 5.41) is 0. The molecule has 0 nitrogen and oxygen atoms in total. The summed E-state index contributed by atoms with van der Waals surface area (Å²) in [5.41, 5.74) is 0. The molecule has 0 rings (SSSR count). The van der Waals surface area contributed by atoms with Crippen molar-refractivity contribution in [3.8, 4) is 0 Å². The molecule has 0 spiro atoms. The highest BCUT2D eigenvalue weighted by atomic mass is 14.1. The lowest BCUT2D eigenvalue weighted by Gasteiger charge is -2.14. The molecular weight excluding hydrogens is 240 g/mol. The van der Waals surface area contributed by atoms with Crippen molar-refractivity contribution in [2.75, 3.05) is 0 Å². The van der Waals surface area contributed by atoms with E-state index in [4.69, 9.17) is 0 Å². The van der Waals surface area contributed by atoms with E-state index in [1.54, 1.807) is 0 Å². The van der Waals surface area contributed by atoms with E-state index >= 15 is 0 Å². The molecule has 1 atom stereocenters. The zero-order valence-corrected chi connectivity index (χ0v) is 14.6. The van der Waals surface area contributed by atoms with Gasteiger partial charge in [0.25, 0.3) is 0 Å². The molecule has 0 heteroatoms. The largest absolute Gasteiger partial charge is 0.0654 e. The summed E-state index contributed by atoms with van der Waals surface area (Å²) >= 11 is 0. The molecule has 121 valence electrons. The highest BCUT2D eigenvalue weighted by molar-refractivity contribution is 4.59. The second-order valence-corrected chi connectivity index (χ2v) is 6.59. The maximum absolute atomic E-state index is 3.92. The van der Waals surface area contributed by atoms with Gasteiger partial charge in [-0.2, -0.15) is 0 Å². The predicted molar refractivity (Wildman–Crippen MR) is 94.1 cm³/mol. The SMILES string of the molecule is [CH2]CCCCCCC(CC)CCCCCCCCCC. The van der Waals surface area contributed by atoms with Crippen LogP contribution in [0, 0.1) is 12.8 Å². The van der Waals surface area contributed by atoms with E-state index in [0.29, 0.717) is 0 Å². The van der Waals surface area contributed by atoms with Crippen molar-refractivity contribution in [3.63, 3.8) is 0 Å². The van der Waals surface area contributed by atoms with Crippen LogP contribution in [-0.2, 0) is 0 Å². The van der Waals surface area contributed by atoms with Gasteiger partial charge >= 0.3 is 0 Å². The Hall–Kier alpha value is 0. The Balaban J connectivity index is 3.28. The zero-order chi connectivity index (χ0) is 14.9. The fraction of sp³-hybridized carbons (Fsp3) is 0.950. The molecule has 20 heavy (non-hydrogen) atoms. The Labute approximate surface area is 130 Å². The first kappa shape index (κ1) is 20.0. The van der Waals surface area contributed by atoms with E-state index in [1.165, 1.54) is 96.3 Å². The Morgan fingerprint density at radius 1 is 0.600 bits per heavy atom. The van der Waals surface area contributed by atoms with Crippen LogP contribution >= 0.6 is 0 Å². The van der Waals surface area contributed by atoms with E-state index in [0.717, 1.165) is 12.3 Å². The van der Waals surface area contributed by atoms with Gasteiger partial charge in [0.05, 0.1) is 0 Å². The van der Waals surface area contributed by atoms with Crippen molar-refractivity contribution in [1.82, 2.24) is 0 Å². The second-order valence-electron chi connectivity index (χ2n) is 6.59. The van der Waals surface area contributed by atoms with Crippen LogP contribution in [0.4, 0.5) is 0 Å². The van der Waals surface area contributed by atoms with Crippen molar-refractivity contribution in [3.05, 3.63) is 6.92 Å². The van der Waals surface area contributed by atoms with Crippen molar-refractivity contribution >= 4 is 0 Å².